The highest BCUT2D eigenvalue weighted by Gasteiger charge is 2.19. The molecule has 0 unspecified atom stereocenters. The van der Waals surface area contributed by atoms with Crippen molar-refractivity contribution < 1.29 is 9.59 Å². The molecule has 0 aromatic heterocycles. The summed E-state index contributed by atoms with van der Waals surface area (Å²) in [4.78, 5) is 26.1. The van der Waals surface area contributed by atoms with E-state index >= 15 is 0 Å². The van der Waals surface area contributed by atoms with E-state index in [1.807, 2.05) is 29.2 Å². The lowest BCUT2D eigenvalue weighted by molar-refractivity contribution is -0.130. The van der Waals surface area contributed by atoms with Crippen LogP contribution in [0.1, 0.15) is 52.4 Å². The molecule has 2 N–H and O–H groups in total. The number of carbonyl (C=O) groups is 2. The number of anilines is 2. The van der Waals surface area contributed by atoms with Gasteiger partial charge in [0.2, 0.25) is 11.8 Å². The molecule has 1 fully saturated rings. The first-order chi connectivity index (χ1) is 12.1. The smallest absolute Gasteiger partial charge is 0.241 e. The van der Waals surface area contributed by atoms with Gasteiger partial charge in [-0.25, -0.2) is 0 Å². The lowest BCUT2D eigenvalue weighted by Gasteiger charge is -2.30. The van der Waals surface area contributed by atoms with Gasteiger partial charge in [-0.15, -0.1) is 0 Å². The number of hydrogen-bond donors (Lipinski definition) is 2. The summed E-state index contributed by atoms with van der Waals surface area (Å²) in [7, 11) is 0. The molecular formula is C20H31N3O2. The predicted octanol–water partition coefficient (Wildman–Crippen LogP) is 3.88. The van der Waals surface area contributed by atoms with Crippen LogP contribution in [-0.4, -0.2) is 36.3 Å². The normalized spacial score (nSPS) is 15.0. The number of carbonyl (C=O) groups excluding carboxylic acids is 2. The van der Waals surface area contributed by atoms with Crippen molar-refractivity contribution in [1.29, 1.82) is 0 Å². The molecule has 1 aliphatic rings. The molecule has 5 nitrogen and oxygen atoms in total. The van der Waals surface area contributed by atoms with Crippen LogP contribution in [0.2, 0.25) is 0 Å². The Labute approximate surface area is 151 Å². The molecule has 5 heteroatoms. The number of amides is 2. The van der Waals surface area contributed by atoms with Gasteiger partial charge in [-0.1, -0.05) is 32.8 Å². The molecule has 1 heterocycles. The fourth-order valence-electron chi connectivity index (χ4n) is 3.01. The van der Waals surface area contributed by atoms with Crippen LogP contribution < -0.4 is 10.6 Å². The monoisotopic (exact) mass is 345 g/mol. The van der Waals surface area contributed by atoms with Gasteiger partial charge in [0, 0.05) is 30.9 Å². The second kappa shape index (κ2) is 10.1. The third kappa shape index (κ3) is 6.77. The molecule has 25 heavy (non-hydrogen) atoms. The molecule has 0 bridgehead atoms. The summed E-state index contributed by atoms with van der Waals surface area (Å²) < 4.78 is 0. The first kappa shape index (κ1) is 19.3. The minimum atomic E-state index is 0.0455. The van der Waals surface area contributed by atoms with Crippen molar-refractivity contribution in [3.8, 4) is 0 Å². The van der Waals surface area contributed by atoms with Gasteiger partial charge < -0.3 is 15.5 Å². The van der Waals surface area contributed by atoms with E-state index in [2.05, 4.69) is 24.5 Å². The van der Waals surface area contributed by atoms with E-state index in [0.717, 1.165) is 62.5 Å². The van der Waals surface area contributed by atoms with E-state index in [0.29, 0.717) is 13.0 Å². The van der Waals surface area contributed by atoms with Crippen LogP contribution in [-0.2, 0) is 9.59 Å². The molecule has 0 aliphatic carbocycles. The molecule has 0 atom stereocenters. The number of nitrogens with one attached hydrogen (secondary N) is 2. The Morgan fingerprint density at radius 2 is 1.88 bits per heavy atom. The third-order valence-corrected chi connectivity index (χ3v) is 4.73. The SMILES string of the molecule is CCCCCC(=O)Nc1cccc(NCC(=O)N2CCC(C)CC2)c1. The molecule has 0 radical (unpaired) electrons. The topological polar surface area (TPSA) is 61.4 Å². The minimum Gasteiger partial charge on any atom is -0.376 e. The highest BCUT2D eigenvalue weighted by atomic mass is 16.2. The molecule has 138 valence electrons. The van der Waals surface area contributed by atoms with Gasteiger partial charge in [0.15, 0.2) is 0 Å². The zero-order valence-corrected chi connectivity index (χ0v) is 15.5. The number of hydrogen-bond acceptors (Lipinski definition) is 3. The first-order valence-electron chi connectivity index (χ1n) is 9.50. The number of unbranched alkanes of at least 4 members (excludes halogenated alkanes) is 2. The Morgan fingerprint density at radius 1 is 1.16 bits per heavy atom. The number of benzene rings is 1. The van der Waals surface area contributed by atoms with Crippen molar-refractivity contribution in [3.05, 3.63) is 24.3 Å². The zero-order valence-electron chi connectivity index (χ0n) is 15.5. The van der Waals surface area contributed by atoms with Crippen molar-refractivity contribution >= 4 is 23.2 Å². The maximum atomic E-state index is 12.3. The van der Waals surface area contributed by atoms with Gasteiger partial charge in [0.1, 0.15) is 0 Å². The summed E-state index contributed by atoms with van der Waals surface area (Å²) >= 11 is 0. The summed E-state index contributed by atoms with van der Waals surface area (Å²) in [5, 5.41) is 6.10. The number of rotatable bonds is 8. The molecule has 0 saturated carbocycles. The summed E-state index contributed by atoms with van der Waals surface area (Å²) in [6.45, 7) is 6.37. The number of nitrogens with zero attached hydrogens (tertiary/aromatic N) is 1. The summed E-state index contributed by atoms with van der Waals surface area (Å²) in [6.07, 6.45) is 5.83. The van der Waals surface area contributed by atoms with E-state index in [1.165, 1.54) is 0 Å². The van der Waals surface area contributed by atoms with Crippen molar-refractivity contribution in [2.45, 2.75) is 52.4 Å². The average Bonchev–Trinajstić information content (AvgIpc) is 2.61. The number of piperidine rings is 1. The molecule has 2 amide bonds. The minimum absolute atomic E-state index is 0.0455. The van der Waals surface area contributed by atoms with E-state index in [9.17, 15) is 9.59 Å². The molecular weight excluding hydrogens is 314 g/mol. The first-order valence-corrected chi connectivity index (χ1v) is 9.50. The van der Waals surface area contributed by atoms with Gasteiger partial charge >= 0.3 is 0 Å². The van der Waals surface area contributed by atoms with Crippen LogP contribution >= 0.6 is 0 Å². The fraction of sp³-hybridized carbons (Fsp3) is 0.600. The fourth-order valence-corrected chi connectivity index (χ4v) is 3.01. The van der Waals surface area contributed by atoms with Crippen molar-refractivity contribution in [2.24, 2.45) is 5.92 Å². The molecule has 1 aliphatic heterocycles. The quantitative estimate of drug-likeness (QED) is 0.703. The molecule has 1 aromatic carbocycles. The van der Waals surface area contributed by atoms with E-state index in [4.69, 9.17) is 0 Å². The highest BCUT2D eigenvalue weighted by Crippen LogP contribution is 2.18. The third-order valence-electron chi connectivity index (χ3n) is 4.73. The van der Waals surface area contributed by atoms with Crippen LogP contribution in [0, 0.1) is 5.92 Å². The van der Waals surface area contributed by atoms with Crippen LogP contribution in [0.3, 0.4) is 0 Å². The van der Waals surface area contributed by atoms with Gasteiger partial charge in [-0.05, 0) is 43.4 Å². The van der Waals surface area contributed by atoms with E-state index in [1.54, 1.807) is 0 Å². The maximum Gasteiger partial charge on any atom is 0.241 e. The Hall–Kier alpha value is -2.04. The summed E-state index contributed by atoms with van der Waals surface area (Å²) in [5.74, 6) is 0.902. The predicted molar refractivity (Wildman–Crippen MR) is 103 cm³/mol. The van der Waals surface area contributed by atoms with Crippen molar-refractivity contribution in [1.82, 2.24) is 4.90 Å². The van der Waals surface area contributed by atoms with Crippen molar-refractivity contribution in [3.63, 3.8) is 0 Å². The Kier molecular flexibility index (Phi) is 7.76. The molecule has 1 aromatic rings. The second-order valence-electron chi connectivity index (χ2n) is 7.00. The van der Waals surface area contributed by atoms with Gasteiger partial charge in [0.05, 0.1) is 6.54 Å². The standard InChI is InChI=1S/C20H31N3O2/c1-3-4-5-9-19(24)22-18-8-6-7-17(14-18)21-15-20(25)23-12-10-16(2)11-13-23/h6-8,14,16,21H,3-5,9-13,15H2,1-2H3,(H,22,24). The molecule has 0 spiro atoms. The Balaban J connectivity index is 1.78. The molecule has 2 rings (SSSR count). The van der Waals surface area contributed by atoms with Crippen LogP contribution in [0.4, 0.5) is 11.4 Å². The lowest BCUT2D eigenvalue weighted by Crippen LogP contribution is -2.40. The van der Waals surface area contributed by atoms with E-state index < -0.39 is 0 Å². The summed E-state index contributed by atoms with van der Waals surface area (Å²) in [5.41, 5.74) is 1.62. The lowest BCUT2D eigenvalue weighted by atomic mass is 9.99. The zero-order chi connectivity index (χ0) is 18.1. The summed E-state index contributed by atoms with van der Waals surface area (Å²) in [6, 6.07) is 7.55. The van der Waals surface area contributed by atoms with Crippen molar-refractivity contribution in [2.75, 3.05) is 30.3 Å². The molecule has 1 saturated heterocycles. The number of likely N-dealkylation sites (tertiary alicyclic amines) is 1. The largest absolute Gasteiger partial charge is 0.376 e. The van der Waals surface area contributed by atoms with Gasteiger partial charge in [-0.3, -0.25) is 9.59 Å². The van der Waals surface area contributed by atoms with Gasteiger partial charge in [-0.2, -0.15) is 0 Å². The highest BCUT2D eigenvalue weighted by molar-refractivity contribution is 5.91. The Morgan fingerprint density at radius 3 is 2.60 bits per heavy atom. The maximum absolute atomic E-state index is 12.3. The van der Waals surface area contributed by atoms with Crippen LogP contribution in [0.25, 0.3) is 0 Å². The Bertz CT molecular complexity index is 566. The second-order valence-corrected chi connectivity index (χ2v) is 7.00. The average molecular weight is 345 g/mol. The van der Waals surface area contributed by atoms with E-state index in [-0.39, 0.29) is 11.8 Å². The van der Waals surface area contributed by atoms with Crippen LogP contribution in [0.5, 0.6) is 0 Å². The van der Waals surface area contributed by atoms with Crippen LogP contribution in [0.15, 0.2) is 24.3 Å². The van der Waals surface area contributed by atoms with Gasteiger partial charge in [0.25, 0.3) is 0 Å².